The van der Waals surface area contributed by atoms with Gasteiger partial charge < -0.3 is 35.2 Å². The van der Waals surface area contributed by atoms with Gasteiger partial charge in [-0.25, -0.2) is 9.79 Å². The van der Waals surface area contributed by atoms with Gasteiger partial charge in [0, 0.05) is 36.7 Å². The Labute approximate surface area is 282 Å². The number of rotatable bonds is 7. The number of hydrogen-bond donors (Lipinski definition) is 2. The molecule has 0 bridgehead atoms. The van der Waals surface area contributed by atoms with Crippen molar-refractivity contribution in [3.05, 3.63) is 53.1 Å². The highest BCUT2D eigenvalue weighted by molar-refractivity contribution is 6.31. The molecule has 3 aliphatic rings. The van der Waals surface area contributed by atoms with Gasteiger partial charge in [0.05, 0.1) is 5.56 Å². The number of nitrogens with one attached hydrogen (secondary N) is 1. The number of carbonyl (C=O) groups excluding carboxylic acids is 3. The van der Waals surface area contributed by atoms with Crippen LogP contribution < -0.4 is 15.8 Å². The molecule has 254 valence electrons. The van der Waals surface area contributed by atoms with Gasteiger partial charge in [-0.05, 0) is 104 Å². The summed E-state index contributed by atoms with van der Waals surface area (Å²) in [4.78, 5) is 51.8. The van der Waals surface area contributed by atoms with Crippen LogP contribution in [0.4, 0.5) is 10.5 Å². The first-order valence-electron chi connectivity index (χ1n) is 16.5. The third kappa shape index (κ3) is 8.01. The van der Waals surface area contributed by atoms with E-state index in [4.69, 9.17) is 31.8 Å². The van der Waals surface area contributed by atoms with Crippen LogP contribution in [-0.2, 0) is 14.3 Å². The summed E-state index contributed by atoms with van der Waals surface area (Å²) in [5, 5.41) is 3.37. The first kappa shape index (κ1) is 34.5. The highest BCUT2D eigenvalue weighted by Gasteiger charge is 2.49. The number of nitrogens with zero attached hydrogens (tertiary/aromatic N) is 4. The number of benzene rings is 2. The minimum absolute atomic E-state index is 0.0820. The van der Waals surface area contributed by atoms with Gasteiger partial charge in [0.25, 0.3) is 0 Å². The van der Waals surface area contributed by atoms with Crippen molar-refractivity contribution in [3.8, 4) is 11.5 Å². The van der Waals surface area contributed by atoms with Crippen molar-refractivity contribution in [3.63, 3.8) is 0 Å². The van der Waals surface area contributed by atoms with E-state index >= 15 is 0 Å². The smallest absolute Gasteiger partial charge is 0.408 e. The Morgan fingerprint density at radius 1 is 1.09 bits per heavy atom. The molecule has 2 aromatic rings. The summed E-state index contributed by atoms with van der Waals surface area (Å²) < 4.78 is 11.7. The molecule has 0 radical (unpaired) electrons. The highest BCUT2D eigenvalue weighted by atomic mass is 35.5. The molecule has 0 unspecified atom stereocenters. The lowest BCUT2D eigenvalue weighted by molar-refractivity contribution is -0.149. The Morgan fingerprint density at radius 2 is 1.81 bits per heavy atom. The zero-order chi connectivity index (χ0) is 33.9. The molecule has 0 aromatic heterocycles. The van der Waals surface area contributed by atoms with Gasteiger partial charge in [0.2, 0.25) is 11.8 Å². The van der Waals surface area contributed by atoms with E-state index in [9.17, 15) is 14.4 Å². The van der Waals surface area contributed by atoms with Crippen LogP contribution in [0.3, 0.4) is 0 Å². The summed E-state index contributed by atoms with van der Waals surface area (Å²) in [7, 11) is 0. The molecule has 11 nitrogen and oxygen atoms in total. The molecule has 3 aliphatic heterocycles. The highest BCUT2D eigenvalue weighted by Crippen LogP contribution is 2.39. The number of aliphatic imine (C=N–C) groups is 1. The number of unbranched alkanes of at least 4 members (excludes halogenated alkanes) is 1. The van der Waals surface area contributed by atoms with Crippen LogP contribution in [0, 0.1) is 0 Å². The van der Waals surface area contributed by atoms with E-state index in [1.807, 2.05) is 55.1 Å². The Hall–Kier alpha value is -3.83. The average Bonchev–Trinajstić information content (AvgIpc) is 3.24. The van der Waals surface area contributed by atoms with Gasteiger partial charge in [-0.3, -0.25) is 9.59 Å². The van der Waals surface area contributed by atoms with Crippen LogP contribution in [0.1, 0.15) is 72.3 Å². The molecule has 3 amide bonds. The third-order valence-corrected chi connectivity index (χ3v) is 9.07. The Balaban J connectivity index is 1.32. The fourth-order valence-electron chi connectivity index (χ4n) is 6.50. The summed E-state index contributed by atoms with van der Waals surface area (Å²) in [5.41, 5.74) is 5.96. The first-order chi connectivity index (χ1) is 22.3. The molecule has 0 aliphatic carbocycles. The van der Waals surface area contributed by atoms with Gasteiger partial charge in [-0.15, -0.1) is 0 Å². The number of fused-ring (bicyclic) bond motifs is 2. The predicted octanol–water partition coefficient (Wildman–Crippen LogP) is 5.46. The lowest BCUT2D eigenvalue weighted by Gasteiger charge is -2.41. The van der Waals surface area contributed by atoms with Crippen molar-refractivity contribution in [1.82, 2.24) is 20.0 Å². The molecule has 47 heavy (non-hydrogen) atoms. The van der Waals surface area contributed by atoms with E-state index in [-0.39, 0.29) is 11.8 Å². The van der Waals surface area contributed by atoms with Crippen LogP contribution in [0.2, 0.25) is 5.02 Å². The van der Waals surface area contributed by atoms with Crippen molar-refractivity contribution >= 4 is 41.0 Å². The second kappa shape index (κ2) is 14.1. The molecule has 3 N–H and O–H groups in total. The second-order valence-corrected chi connectivity index (χ2v) is 14.5. The van der Waals surface area contributed by atoms with Crippen molar-refractivity contribution in [1.29, 1.82) is 0 Å². The Kier molecular flexibility index (Phi) is 10.4. The molecule has 2 aromatic carbocycles. The van der Waals surface area contributed by atoms with Crippen molar-refractivity contribution in [2.45, 2.75) is 89.9 Å². The molecule has 3 heterocycles. The number of hydrogen-bond acceptors (Lipinski definition) is 8. The zero-order valence-electron chi connectivity index (χ0n) is 28.1. The maximum Gasteiger partial charge on any atom is 0.408 e. The molecule has 2 saturated heterocycles. The van der Waals surface area contributed by atoms with Gasteiger partial charge in [-0.1, -0.05) is 23.7 Å². The number of alkyl carbamates (subject to hydrolysis) is 1. The molecule has 12 heteroatoms. The normalized spacial score (nSPS) is 19.5. The summed E-state index contributed by atoms with van der Waals surface area (Å²) >= 11 is 6.41. The van der Waals surface area contributed by atoms with Gasteiger partial charge >= 0.3 is 6.09 Å². The second-order valence-electron chi connectivity index (χ2n) is 14.0. The average molecular weight is 667 g/mol. The predicted molar refractivity (Wildman–Crippen MR) is 182 cm³/mol. The molecule has 5 rings (SSSR count). The third-order valence-electron chi connectivity index (χ3n) is 8.84. The van der Waals surface area contributed by atoms with Crippen LogP contribution in [0.5, 0.6) is 11.5 Å². The quantitative estimate of drug-likeness (QED) is 0.376. The molecule has 0 saturated carbocycles. The van der Waals surface area contributed by atoms with E-state index < -0.39 is 29.3 Å². The lowest BCUT2D eigenvalue weighted by atomic mass is 10.0. The largest absolute Gasteiger partial charge is 0.454 e. The summed E-state index contributed by atoms with van der Waals surface area (Å²) in [6, 6.07) is 11.7. The monoisotopic (exact) mass is 666 g/mol. The topological polar surface area (TPSA) is 130 Å². The van der Waals surface area contributed by atoms with Crippen LogP contribution in [0.25, 0.3) is 0 Å². The zero-order valence-corrected chi connectivity index (χ0v) is 28.8. The number of amidine groups is 1. The van der Waals surface area contributed by atoms with E-state index in [0.717, 1.165) is 23.5 Å². The van der Waals surface area contributed by atoms with Crippen molar-refractivity contribution in [2.75, 3.05) is 32.7 Å². The molecular formula is C35H47ClN6O5. The Morgan fingerprint density at radius 3 is 2.51 bits per heavy atom. The van der Waals surface area contributed by atoms with Crippen LogP contribution >= 0.6 is 11.6 Å². The first-order valence-corrected chi connectivity index (χ1v) is 16.9. The van der Waals surface area contributed by atoms with Gasteiger partial charge in [-0.2, -0.15) is 0 Å². The SMILES string of the molecule is CC(C)(C)OC(=O)N[C@@H](CCCCN)C(=O)N1[C@@H](C(=O)N2CCN(C3=Nc4ccccc4Oc4ccc(Cl)cc43)CC2)CCC1(C)C. The number of amides is 3. The van der Waals surface area contributed by atoms with E-state index in [1.165, 1.54) is 0 Å². The maximum absolute atomic E-state index is 14.2. The van der Waals surface area contributed by atoms with E-state index in [0.29, 0.717) is 74.9 Å². The molecule has 2 fully saturated rings. The molecular weight excluding hydrogens is 620 g/mol. The fraction of sp³-hybridized carbons (Fsp3) is 0.543. The summed E-state index contributed by atoms with van der Waals surface area (Å²) in [6.45, 7) is 11.8. The van der Waals surface area contributed by atoms with Gasteiger partial charge in [0.1, 0.15) is 35.0 Å². The number of likely N-dealkylation sites (tertiary alicyclic amines) is 1. The fourth-order valence-corrected chi connectivity index (χ4v) is 6.67. The molecule has 2 atom stereocenters. The van der Waals surface area contributed by atoms with Gasteiger partial charge in [0.15, 0.2) is 5.75 Å². The van der Waals surface area contributed by atoms with E-state index in [2.05, 4.69) is 10.2 Å². The molecule has 0 spiro atoms. The standard InChI is InChI=1S/C35H47ClN6O5/c1-34(2,3)47-33(45)39-26(11-8-9-17-37)31(43)42-27(15-16-35(42,4)5)32(44)41-20-18-40(19-21-41)30-24-22-23(36)13-14-28(24)46-29-12-7-6-10-25(29)38-30/h6-7,10,12-14,22,26-27H,8-9,11,15-21,37H2,1-5H3,(H,39,45)/t26-,27+/m0/s1. The summed E-state index contributed by atoms with van der Waals surface area (Å²) in [6.07, 6.45) is 2.34. The number of piperazine rings is 1. The lowest BCUT2D eigenvalue weighted by Crippen LogP contribution is -2.60. The number of halogens is 1. The van der Waals surface area contributed by atoms with Crippen LogP contribution in [0.15, 0.2) is 47.5 Å². The van der Waals surface area contributed by atoms with E-state index in [1.54, 1.807) is 31.7 Å². The van der Waals surface area contributed by atoms with Crippen LogP contribution in [-0.4, -0.2) is 94.4 Å². The van der Waals surface area contributed by atoms with Crippen molar-refractivity contribution < 1.29 is 23.9 Å². The number of nitrogens with two attached hydrogens (primary N) is 1. The Bertz CT molecular complexity index is 1510. The minimum Gasteiger partial charge on any atom is -0.454 e. The summed E-state index contributed by atoms with van der Waals surface area (Å²) in [5.74, 6) is 1.72. The number of ether oxygens (including phenoxy) is 2. The minimum atomic E-state index is -0.828. The maximum atomic E-state index is 14.2. The van der Waals surface area contributed by atoms with Crippen molar-refractivity contribution in [2.24, 2.45) is 10.7 Å². The number of carbonyl (C=O) groups is 3. The number of para-hydroxylation sites is 2.